The lowest BCUT2D eigenvalue weighted by atomic mass is 9.92. The van der Waals surface area contributed by atoms with Gasteiger partial charge in [0.25, 0.3) is 0 Å². The van der Waals surface area contributed by atoms with E-state index in [2.05, 4.69) is 4.90 Å². The van der Waals surface area contributed by atoms with Crippen molar-refractivity contribution in [3.63, 3.8) is 0 Å². The Hall–Kier alpha value is -0.120. The van der Waals surface area contributed by atoms with Crippen molar-refractivity contribution in [3.05, 3.63) is 0 Å². The first-order chi connectivity index (χ1) is 7.05. The highest BCUT2D eigenvalue weighted by Crippen LogP contribution is 2.49. The fourth-order valence-corrected chi connectivity index (χ4v) is 2.64. The smallest absolute Gasteiger partial charge is 0.0644 e. The third kappa shape index (κ3) is 2.92. The van der Waals surface area contributed by atoms with E-state index in [1.165, 1.54) is 25.8 Å². The van der Waals surface area contributed by atoms with Crippen molar-refractivity contribution in [1.29, 1.82) is 0 Å². The van der Waals surface area contributed by atoms with Crippen LogP contribution in [0.15, 0.2) is 0 Å². The van der Waals surface area contributed by atoms with Crippen molar-refractivity contribution < 1.29 is 5.11 Å². The molecular weight excluding hydrogens is 188 g/mol. The van der Waals surface area contributed by atoms with Crippen LogP contribution in [0.2, 0.25) is 0 Å². The number of aliphatic hydroxyl groups is 1. The van der Waals surface area contributed by atoms with Gasteiger partial charge in [0, 0.05) is 19.6 Å². The average Bonchev–Trinajstić information content (AvgIpc) is 2.90. The molecule has 3 heteroatoms. The normalized spacial score (nSPS) is 29.0. The van der Waals surface area contributed by atoms with E-state index in [0.29, 0.717) is 5.41 Å². The highest BCUT2D eigenvalue weighted by Gasteiger charge is 2.43. The van der Waals surface area contributed by atoms with Gasteiger partial charge < -0.3 is 15.7 Å². The molecule has 3 N–H and O–H groups in total. The van der Waals surface area contributed by atoms with Gasteiger partial charge in [0.1, 0.15) is 0 Å². The van der Waals surface area contributed by atoms with Crippen LogP contribution in [0.5, 0.6) is 0 Å². The highest BCUT2D eigenvalue weighted by atomic mass is 16.3. The SMILES string of the molecule is CC1(O)CCN(CC2(CCN)CC2)CC1. The molecule has 0 radical (unpaired) electrons. The van der Waals surface area contributed by atoms with Crippen LogP contribution in [0.4, 0.5) is 0 Å². The van der Waals surface area contributed by atoms with Crippen molar-refractivity contribution in [2.45, 2.75) is 44.6 Å². The summed E-state index contributed by atoms with van der Waals surface area (Å²) in [4.78, 5) is 2.51. The number of nitrogens with zero attached hydrogens (tertiary/aromatic N) is 1. The quantitative estimate of drug-likeness (QED) is 0.730. The van der Waals surface area contributed by atoms with Gasteiger partial charge in [-0.2, -0.15) is 0 Å². The molecular formula is C12H24N2O. The summed E-state index contributed by atoms with van der Waals surface area (Å²) < 4.78 is 0. The minimum atomic E-state index is -0.416. The van der Waals surface area contributed by atoms with E-state index in [-0.39, 0.29) is 0 Å². The van der Waals surface area contributed by atoms with Gasteiger partial charge in [-0.1, -0.05) is 0 Å². The van der Waals surface area contributed by atoms with Gasteiger partial charge in [0.2, 0.25) is 0 Å². The van der Waals surface area contributed by atoms with Crippen LogP contribution >= 0.6 is 0 Å². The third-order valence-corrected chi connectivity index (χ3v) is 4.12. The maximum atomic E-state index is 9.86. The summed E-state index contributed by atoms with van der Waals surface area (Å²) in [5, 5.41) is 9.86. The number of nitrogens with two attached hydrogens (primary N) is 1. The maximum absolute atomic E-state index is 9.86. The number of rotatable bonds is 4. The molecule has 3 nitrogen and oxygen atoms in total. The van der Waals surface area contributed by atoms with Gasteiger partial charge in [-0.3, -0.25) is 0 Å². The van der Waals surface area contributed by atoms with Gasteiger partial charge >= 0.3 is 0 Å². The van der Waals surface area contributed by atoms with Gasteiger partial charge in [0.15, 0.2) is 0 Å². The zero-order chi connectivity index (χ0) is 10.9. The van der Waals surface area contributed by atoms with Gasteiger partial charge in [0.05, 0.1) is 5.60 Å². The molecule has 88 valence electrons. The lowest BCUT2D eigenvalue weighted by Crippen LogP contribution is -2.44. The van der Waals surface area contributed by atoms with Crippen LogP contribution in [0.1, 0.15) is 39.0 Å². The van der Waals surface area contributed by atoms with E-state index in [1.54, 1.807) is 0 Å². The number of likely N-dealkylation sites (tertiary alicyclic amines) is 1. The zero-order valence-electron chi connectivity index (χ0n) is 9.84. The number of hydrogen-bond acceptors (Lipinski definition) is 3. The topological polar surface area (TPSA) is 49.5 Å². The highest BCUT2D eigenvalue weighted by molar-refractivity contribution is 4.96. The summed E-state index contributed by atoms with van der Waals surface area (Å²) in [6, 6.07) is 0. The van der Waals surface area contributed by atoms with Gasteiger partial charge in [-0.05, 0) is 51.0 Å². The van der Waals surface area contributed by atoms with Crippen LogP contribution in [0.25, 0.3) is 0 Å². The van der Waals surface area contributed by atoms with E-state index in [4.69, 9.17) is 5.73 Å². The molecule has 0 aromatic carbocycles. The molecule has 0 unspecified atom stereocenters. The van der Waals surface area contributed by atoms with Gasteiger partial charge in [-0.25, -0.2) is 0 Å². The summed E-state index contributed by atoms with van der Waals surface area (Å²) in [7, 11) is 0. The van der Waals surface area contributed by atoms with Crippen LogP contribution < -0.4 is 5.73 Å². The first kappa shape index (κ1) is 11.4. The zero-order valence-corrected chi connectivity index (χ0v) is 9.84. The summed E-state index contributed by atoms with van der Waals surface area (Å²) in [6.45, 7) is 6.10. The molecule has 0 amide bonds. The average molecular weight is 212 g/mol. The number of piperidine rings is 1. The second-order valence-electron chi connectivity index (χ2n) is 5.81. The van der Waals surface area contributed by atoms with Crippen molar-refractivity contribution in [1.82, 2.24) is 4.90 Å². The Morgan fingerprint density at radius 2 is 1.80 bits per heavy atom. The standard InChI is InChI=1S/C12H24N2O/c1-11(15)5-8-14(9-6-11)10-12(2-3-12)4-7-13/h15H,2-10,13H2,1H3. The van der Waals surface area contributed by atoms with Crippen molar-refractivity contribution in [2.24, 2.45) is 11.1 Å². The molecule has 2 aliphatic rings. The Labute approximate surface area is 92.6 Å². The van der Waals surface area contributed by atoms with E-state index < -0.39 is 5.60 Å². The fraction of sp³-hybridized carbons (Fsp3) is 1.00. The molecule has 0 spiro atoms. The Balaban J connectivity index is 1.77. The molecule has 2 fully saturated rings. The molecule has 0 aromatic rings. The first-order valence-electron chi connectivity index (χ1n) is 6.20. The van der Waals surface area contributed by atoms with Crippen molar-refractivity contribution in [3.8, 4) is 0 Å². The van der Waals surface area contributed by atoms with Crippen LogP contribution in [0, 0.1) is 5.41 Å². The van der Waals surface area contributed by atoms with E-state index in [9.17, 15) is 5.11 Å². The molecule has 0 aromatic heterocycles. The maximum Gasteiger partial charge on any atom is 0.0644 e. The van der Waals surface area contributed by atoms with Gasteiger partial charge in [-0.15, -0.1) is 0 Å². The Kier molecular flexibility index (Phi) is 3.06. The number of hydrogen-bond donors (Lipinski definition) is 2. The van der Waals surface area contributed by atoms with E-state index >= 15 is 0 Å². The largest absolute Gasteiger partial charge is 0.390 e. The molecule has 2 rings (SSSR count). The van der Waals surface area contributed by atoms with Crippen molar-refractivity contribution >= 4 is 0 Å². The molecule has 1 saturated heterocycles. The van der Waals surface area contributed by atoms with E-state index in [0.717, 1.165) is 32.5 Å². The first-order valence-corrected chi connectivity index (χ1v) is 6.20. The summed E-state index contributed by atoms with van der Waals surface area (Å²) in [6.07, 6.45) is 5.74. The summed E-state index contributed by atoms with van der Waals surface area (Å²) in [5.41, 5.74) is 5.78. The fourth-order valence-electron chi connectivity index (χ4n) is 2.64. The Morgan fingerprint density at radius 3 is 2.27 bits per heavy atom. The minimum absolute atomic E-state index is 0.416. The Bertz CT molecular complexity index is 214. The summed E-state index contributed by atoms with van der Waals surface area (Å²) >= 11 is 0. The summed E-state index contributed by atoms with van der Waals surface area (Å²) in [5.74, 6) is 0. The second-order valence-corrected chi connectivity index (χ2v) is 5.81. The van der Waals surface area contributed by atoms with E-state index in [1.807, 2.05) is 6.92 Å². The third-order valence-electron chi connectivity index (χ3n) is 4.12. The van der Waals surface area contributed by atoms with Crippen LogP contribution in [-0.2, 0) is 0 Å². The van der Waals surface area contributed by atoms with Crippen molar-refractivity contribution in [2.75, 3.05) is 26.2 Å². The molecule has 1 saturated carbocycles. The molecule has 1 heterocycles. The molecule has 15 heavy (non-hydrogen) atoms. The second kappa shape index (κ2) is 4.04. The Morgan fingerprint density at radius 1 is 1.20 bits per heavy atom. The monoisotopic (exact) mass is 212 g/mol. The minimum Gasteiger partial charge on any atom is -0.390 e. The van der Waals surface area contributed by atoms with Crippen LogP contribution in [0.3, 0.4) is 0 Å². The lowest BCUT2D eigenvalue weighted by Gasteiger charge is -2.37. The molecule has 0 atom stereocenters. The predicted octanol–water partition coefficient (Wildman–Crippen LogP) is 0.962. The molecule has 1 aliphatic heterocycles. The molecule has 1 aliphatic carbocycles. The lowest BCUT2D eigenvalue weighted by molar-refractivity contribution is -0.0101. The predicted molar refractivity (Wildman–Crippen MR) is 61.6 cm³/mol. The molecule has 0 bridgehead atoms. The van der Waals surface area contributed by atoms with Crippen LogP contribution in [-0.4, -0.2) is 41.8 Å².